The second-order valence-corrected chi connectivity index (χ2v) is 4.60. The molecular weight excluding hydrogens is 222 g/mol. The summed E-state index contributed by atoms with van der Waals surface area (Å²) in [6.45, 7) is 5.49. The van der Waals surface area contributed by atoms with Gasteiger partial charge in [-0.05, 0) is 24.8 Å². The molecule has 3 heteroatoms. The molecule has 94 valence electrons. The quantitative estimate of drug-likeness (QED) is 0.427. The molecule has 1 aliphatic carbocycles. The third-order valence-electron chi connectivity index (χ3n) is 2.95. The maximum Gasteiger partial charge on any atom is 0.128 e. The summed E-state index contributed by atoms with van der Waals surface area (Å²) >= 11 is 0. The Morgan fingerprint density at radius 1 is 1.44 bits per heavy atom. The molecule has 0 saturated carbocycles. The van der Waals surface area contributed by atoms with Crippen LogP contribution in [0, 0.1) is 11.8 Å². The summed E-state index contributed by atoms with van der Waals surface area (Å²) in [7, 11) is 2.08. The fourth-order valence-corrected chi connectivity index (χ4v) is 2.04. The molecule has 3 nitrogen and oxygen atoms in total. The van der Waals surface area contributed by atoms with Crippen molar-refractivity contribution in [2.24, 2.45) is 4.99 Å². The standard InChI is InChI=1S/C15H19N3/c1-16-15-8-6-4-3-5-7-14(11-15)12-18-10-9-17(2)13-18/h3,5,9-11,15H,1,4,7,12-13H2,2H3/b5-3-,14-11?. The maximum atomic E-state index is 4.06. The van der Waals surface area contributed by atoms with E-state index in [0.717, 1.165) is 26.1 Å². The van der Waals surface area contributed by atoms with Crippen molar-refractivity contribution < 1.29 is 0 Å². The summed E-state index contributed by atoms with van der Waals surface area (Å²) in [4.78, 5) is 8.50. The summed E-state index contributed by atoms with van der Waals surface area (Å²) in [5.41, 5.74) is 1.35. The molecule has 1 atom stereocenters. The van der Waals surface area contributed by atoms with E-state index in [1.807, 2.05) is 0 Å². The molecule has 2 rings (SSSR count). The van der Waals surface area contributed by atoms with Crippen molar-refractivity contribution in [3.05, 3.63) is 36.2 Å². The third kappa shape index (κ3) is 3.53. The van der Waals surface area contributed by atoms with E-state index in [9.17, 15) is 0 Å². The molecule has 0 aromatic rings. The number of hydrogen-bond acceptors (Lipinski definition) is 3. The van der Waals surface area contributed by atoms with Crippen LogP contribution in [0.4, 0.5) is 0 Å². The molecule has 0 aromatic heterocycles. The number of nitrogens with zero attached hydrogens (tertiary/aromatic N) is 3. The van der Waals surface area contributed by atoms with Gasteiger partial charge in [0.2, 0.25) is 0 Å². The van der Waals surface area contributed by atoms with E-state index in [4.69, 9.17) is 0 Å². The van der Waals surface area contributed by atoms with Crippen LogP contribution >= 0.6 is 0 Å². The maximum absolute atomic E-state index is 4.06. The molecule has 0 amide bonds. The highest BCUT2D eigenvalue weighted by Gasteiger charge is 2.11. The van der Waals surface area contributed by atoms with Crippen LogP contribution in [0.15, 0.2) is 41.2 Å². The van der Waals surface area contributed by atoms with E-state index in [1.165, 1.54) is 5.57 Å². The normalized spacial score (nSPS) is 24.5. The van der Waals surface area contributed by atoms with Gasteiger partial charge in [-0.3, -0.25) is 4.99 Å². The molecule has 2 aliphatic rings. The lowest BCUT2D eigenvalue weighted by Gasteiger charge is -2.19. The third-order valence-corrected chi connectivity index (χ3v) is 2.95. The fourth-order valence-electron chi connectivity index (χ4n) is 2.04. The Balaban J connectivity index is 2.06. The first kappa shape index (κ1) is 12.5. The fraction of sp³-hybridized carbons (Fsp3) is 0.400. The highest BCUT2D eigenvalue weighted by Crippen LogP contribution is 2.13. The van der Waals surface area contributed by atoms with Gasteiger partial charge in [-0.15, -0.1) is 0 Å². The van der Waals surface area contributed by atoms with Gasteiger partial charge in [0, 0.05) is 32.4 Å². The van der Waals surface area contributed by atoms with Crippen LogP contribution in [-0.2, 0) is 0 Å². The van der Waals surface area contributed by atoms with E-state index >= 15 is 0 Å². The van der Waals surface area contributed by atoms with Crippen LogP contribution in [0.1, 0.15) is 12.8 Å². The second kappa shape index (κ2) is 6.11. The highest BCUT2D eigenvalue weighted by molar-refractivity contribution is 5.32. The predicted molar refractivity (Wildman–Crippen MR) is 76.0 cm³/mol. The average Bonchev–Trinajstić information content (AvgIpc) is 2.80. The minimum Gasteiger partial charge on any atom is -0.362 e. The molecule has 0 spiro atoms. The van der Waals surface area contributed by atoms with E-state index in [2.05, 4.69) is 71.0 Å². The first-order valence-corrected chi connectivity index (χ1v) is 6.19. The van der Waals surface area contributed by atoms with Crippen molar-refractivity contribution >= 4 is 6.72 Å². The first-order valence-electron chi connectivity index (χ1n) is 6.19. The lowest BCUT2D eigenvalue weighted by atomic mass is 10.1. The van der Waals surface area contributed by atoms with Gasteiger partial charge in [0.05, 0.1) is 6.67 Å². The van der Waals surface area contributed by atoms with Gasteiger partial charge in [0.15, 0.2) is 0 Å². The molecule has 1 aliphatic heterocycles. The Kier molecular flexibility index (Phi) is 4.25. The lowest BCUT2D eigenvalue weighted by molar-refractivity contribution is 0.312. The van der Waals surface area contributed by atoms with Crippen LogP contribution in [0.3, 0.4) is 0 Å². The minimum atomic E-state index is -0.0655. The summed E-state index contributed by atoms with van der Waals surface area (Å²) in [6.07, 6.45) is 12.4. The minimum absolute atomic E-state index is 0.0655. The van der Waals surface area contributed by atoms with Crippen LogP contribution in [-0.4, -0.2) is 42.8 Å². The predicted octanol–water partition coefficient (Wildman–Crippen LogP) is 2.01. The number of rotatable bonds is 3. The zero-order valence-electron chi connectivity index (χ0n) is 10.8. The molecule has 0 N–H and O–H groups in total. The monoisotopic (exact) mass is 241 g/mol. The SMILES string of the molecule is C=NC1C#CC/C=C\CC(CN2C=CN(C)C2)=C1. The van der Waals surface area contributed by atoms with Crippen molar-refractivity contribution in [2.45, 2.75) is 18.9 Å². The molecular formula is C15H19N3. The second-order valence-electron chi connectivity index (χ2n) is 4.60. The Bertz CT molecular complexity index is 448. The molecule has 0 aromatic carbocycles. The Morgan fingerprint density at radius 3 is 3.06 bits per heavy atom. The van der Waals surface area contributed by atoms with E-state index in [1.54, 1.807) is 0 Å². The molecule has 18 heavy (non-hydrogen) atoms. The van der Waals surface area contributed by atoms with Crippen molar-refractivity contribution in [1.29, 1.82) is 0 Å². The Morgan fingerprint density at radius 2 is 2.33 bits per heavy atom. The molecule has 0 bridgehead atoms. The van der Waals surface area contributed by atoms with Gasteiger partial charge in [0.1, 0.15) is 6.04 Å². The van der Waals surface area contributed by atoms with Crippen molar-refractivity contribution in [2.75, 3.05) is 20.3 Å². The van der Waals surface area contributed by atoms with Crippen LogP contribution in [0.25, 0.3) is 0 Å². The Labute approximate surface area is 109 Å². The van der Waals surface area contributed by atoms with Gasteiger partial charge in [-0.25, -0.2) is 0 Å². The highest BCUT2D eigenvalue weighted by atomic mass is 15.3. The summed E-state index contributed by atoms with van der Waals surface area (Å²) in [5.74, 6) is 6.22. The van der Waals surface area contributed by atoms with Crippen molar-refractivity contribution in [3.8, 4) is 11.8 Å². The summed E-state index contributed by atoms with van der Waals surface area (Å²) in [6, 6.07) is -0.0655. The van der Waals surface area contributed by atoms with Gasteiger partial charge < -0.3 is 9.80 Å². The van der Waals surface area contributed by atoms with Crippen LogP contribution < -0.4 is 0 Å². The first-order chi connectivity index (χ1) is 8.78. The largest absolute Gasteiger partial charge is 0.362 e. The van der Waals surface area contributed by atoms with Crippen molar-refractivity contribution in [1.82, 2.24) is 9.80 Å². The zero-order valence-corrected chi connectivity index (χ0v) is 10.8. The van der Waals surface area contributed by atoms with Gasteiger partial charge >= 0.3 is 0 Å². The molecule has 1 unspecified atom stereocenters. The molecule has 1 heterocycles. The smallest absolute Gasteiger partial charge is 0.128 e. The number of hydrogen-bond donors (Lipinski definition) is 0. The van der Waals surface area contributed by atoms with E-state index in [-0.39, 0.29) is 6.04 Å². The average molecular weight is 241 g/mol. The summed E-state index contributed by atoms with van der Waals surface area (Å²) < 4.78 is 0. The number of allylic oxidation sites excluding steroid dienone is 2. The van der Waals surface area contributed by atoms with Crippen LogP contribution in [0.2, 0.25) is 0 Å². The molecule has 0 saturated heterocycles. The zero-order chi connectivity index (χ0) is 12.8. The van der Waals surface area contributed by atoms with E-state index in [0.29, 0.717) is 0 Å². The van der Waals surface area contributed by atoms with E-state index < -0.39 is 0 Å². The van der Waals surface area contributed by atoms with Gasteiger partial charge in [0.25, 0.3) is 0 Å². The molecule has 0 radical (unpaired) electrons. The van der Waals surface area contributed by atoms with Crippen LogP contribution in [0.5, 0.6) is 0 Å². The number of aliphatic imine (C=N–C) groups is 1. The topological polar surface area (TPSA) is 18.8 Å². The summed E-state index contributed by atoms with van der Waals surface area (Å²) in [5, 5.41) is 0. The Hall–Kier alpha value is -1.95. The van der Waals surface area contributed by atoms with Gasteiger partial charge in [-0.2, -0.15) is 0 Å². The van der Waals surface area contributed by atoms with Gasteiger partial charge in [-0.1, -0.05) is 24.0 Å². The molecule has 0 fully saturated rings. The lowest BCUT2D eigenvalue weighted by Crippen LogP contribution is -2.24. The van der Waals surface area contributed by atoms with Crippen molar-refractivity contribution in [3.63, 3.8) is 0 Å².